The van der Waals surface area contributed by atoms with E-state index in [2.05, 4.69) is 26.2 Å². The topological polar surface area (TPSA) is 154 Å². The van der Waals surface area contributed by atoms with Crippen molar-refractivity contribution in [1.29, 1.82) is 5.26 Å². The molecule has 5 rings (SSSR count). The molecule has 222 valence electrons. The predicted octanol–water partition coefficient (Wildman–Crippen LogP) is 2.23. The standard InChI is InChI=1S/C27H25BrF3N5O6/c1-41-25-23(35-10-18(33-34-35)13-6-16(30)22(28)17(31)7-13)24(39)21(11-37)42-26(25)27(40)36(19-2-3-20(19)38)15-5-12(9-32)4-14(29)8-15/h4-8,10,19-21,23-26,37-39H,2-3,11H2,1H3/t19-,20-,21-,23+,24+,25-,26-/m1/s1. The molecule has 11 nitrogen and oxygen atoms in total. The Labute approximate surface area is 245 Å². The van der Waals surface area contributed by atoms with Crippen LogP contribution in [0, 0.1) is 28.8 Å². The van der Waals surface area contributed by atoms with E-state index in [1.165, 1.54) is 19.4 Å². The van der Waals surface area contributed by atoms with Crippen molar-refractivity contribution in [3.8, 4) is 17.3 Å². The van der Waals surface area contributed by atoms with E-state index in [0.29, 0.717) is 12.8 Å². The molecule has 15 heteroatoms. The summed E-state index contributed by atoms with van der Waals surface area (Å²) in [7, 11) is 1.25. The number of aliphatic hydroxyl groups is 3. The smallest absolute Gasteiger partial charge is 0.259 e. The number of methoxy groups -OCH3 is 1. The van der Waals surface area contributed by atoms with Crippen LogP contribution in [-0.2, 0) is 14.3 Å². The van der Waals surface area contributed by atoms with Gasteiger partial charge in [0, 0.05) is 18.4 Å². The van der Waals surface area contributed by atoms with Crippen molar-refractivity contribution in [2.24, 2.45) is 0 Å². The molecule has 2 fully saturated rings. The van der Waals surface area contributed by atoms with Crippen molar-refractivity contribution in [2.75, 3.05) is 18.6 Å². The highest BCUT2D eigenvalue weighted by Crippen LogP contribution is 2.37. The number of anilines is 1. The largest absolute Gasteiger partial charge is 0.394 e. The average Bonchev–Trinajstić information content (AvgIpc) is 3.46. The van der Waals surface area contributed by atoms with Crippen molar-refractivity contribution in [2.45, 2.75) is 55.4 Å². The summed E-state index contributed by atoms with van der Waals surface area (Å²) < 4.78 is 55.0. The average molecular weight is 652 g/mol. The Hall–Kier alpha value is -3.39. The molecule has 1 saturated heterocycles. The molecule has 0 unspecified atom stereocenters. The zero-order chi connectivity index (χ0) is 30.3. The van der Waals surface area contributed by atoms with Gasteiger partial charge in [0.2, 0.25) is 0 Å². The van der Waals surface area contributed by atoms with Crippen LogP contribution in [0.3, 0.4) is 0 Å². The van der Waals surface area contributed by atoms with Crippen LogP contribution in [0.1, 0.15) is 24.4 Å². The summed E-state index contributed by atoms with van der Waals surface area (Å²) in [6.07, 6.45) is -4.48. The minimum atomic E-state index is -1.52. The molecule has 1 aromatic heterocycles. The van der Waals surface area contributed by atoms with E-state index in [1.54, 1.807) is 0 Å². The molecular weight excluding hydrogens is 627 g/mol. The van der Waals surface area contributed by atoms with Crippen LogP contribution in [0.5, 0.6) is 0 Å². The van der Waals surface area contributed by atoms with E-state index >= 15 is 0 Å². The number of hydrogen-bond acceptors (Lipinski definition) is 9. The van der Waals surface area contributed by atoms with E-state index < -0.39 is 72.6 Å². The monoisotopic (exact) mass is 651 g/mol. The summed E-state index contributed by atoms with van der Waals surface area (Å²) in [6, 6.07) is 5.28. The summed E-state index contributed by atoms with van der Waals surface area (Å²) in [5, 5.41) is 48.9. The molecular formula is C27H25BrF3N5O6. The maximum atomic E-state index is 14.4. The number of halogens is 4. The van der Waals surface area contributed by atoms with Gasteiger partial charge in [0.15, 0.2) is 6.10 Å². The molecule has 3 aromatic rings. The zero-order valence-corrected chi connectivity index (χ0v) is 23.5. The van der Waals surface area contributed by atoms with Crippen LogP contribution in [0.2, 0.25) is 0 Å². The second-order valence-corrected chi connectivity index (χ2v) is 10.8. The molecule has 1 amide bonds. The third-order valence-corrected chi connectivity index (χ3v) is 8.30. The summed E-state index contributed by atoms with van der Waals surface area (Å²) in [4.78, 5) is 15.3. The van der Waals surface area contributed by atoms with Crippen LogP contribution in [0.4, 0.5) is 18.9 Å². The first-order valence-electron chi connectivity index (χ1n) is 12.8. The molecule has 0 radical (unpaired) electrons. The van der Waals surface area contributed by atoms with Gasteiger partial charge in [0.25, 0.3) is 5.91 Å². The van der Waals surface area contributed by atoms with Gasteiger partial charge >= 0.3 is 0 Å². The fourth-order valence-corrected chi connectivity index (χ4v) is 5.51. The van der Waals surface area contributed by atoms with E-state index in [9.17, 15) is 38.5 Å². The van der Waals surface area contributed by atoms with Crippen molar-refractivity contribution in [3.05, 3.63) is 64.0 Å². The van der Waals surface area contributed by atoms with E-state index in [4.69, 9.17) is 9.47 Å². The minimum absolute atomic E-state index is 0.00399. The summed E-state index contributed by atoms with van der Waals surface area (Å²) in [5.74, 6) is -3.31. The Morgan fingerprint density at radius 2 is 1.93 bits per heavy atom. The van der Waals surface area contributed by atoms with Gasteiger partial charge in [0.05, 0.1) is 41.1 Å². The second kappa shape index (κ2) is 12.1. The van der Waals surface area contributed by atoms with E-state index in [-0.39, 0.29) is 27.0 Å². The van der Waals surface area contributed by atoms with Gasteiger partial charge in [-0.25, -0.2) is 17.9 Å². The third-order valence-electron chi connectivity index (χ3n) is 7.54. The number of carbonyl (C=O) groups excluding carboxylic acids is 1. The van der Waals surface area contributed by atoms with Gasteiger partial charge in [-0.15, -0.1) is 5.10 Å². The van der Waals surface area contributed by atoms with Gasteiger partial charge < -0.3 is 29.7 Å². The highest BCUT2D eigenvalue weighted by atomic mass is 79.9. The maximum Gasteiger partial charge on any atom is 0.259 e. The summed E-state index contributed by atoms with van der Waals surface area (Å²) in [5.41, 5.74) is 0.0393. The normalized spacial score (nSPS) is 27.3. The molecule has 2 aromatic carbocycles. The number of nitrogens with zero attached hydrogens (tertiary/aromatic N) is 5. The Kier molecular flexibility index (Phi) is 8.65. The molecule has 1 aliphatic carbocycles. The highest BCUT2D eigenvalue weighted by molar-refractivity contribution is 9.10. The van der Waals surface area contributed by atoms with Crippen LogP contribution >= 0.6 is 15.9 Å². The van der Waals surface area contributed by atoms with E-state index in [1.807, 2.05) is 6.07 Å². The quantitative estimate of drug-likeness (QED) is 0.326. The second-order valence-electron chi connectivity index (χ2n) is 10.0. The fraction of sp³-hybridized carbons (Fsp3) is 0.407. The Morgan fingerprint density at radius 1 is 1.21 bits per heavy atom. The Balaban J connectivity index is 1.54. The van der Waals surface area contributed by atoms with Crippen molar-refractivity contribution in [1.82, 2.24) is 15.0 Å². The van der Waals surface area contributed by atoms with Gasteiger partial charge in [-0.3, -0.25) is 4.79 Å². The first-order chi connectivity index (χ1) is 20.1. The summed E-state index contributed by atoms with van der Waals surface area (Å²) in [6.45, 7) is -0.715. The lowest BCUT2D eigenvalue weighted by atomic mass is 9.85. The molecule has 1 aliphatic heterocycles. The lowest BCUT2D eigenvalue weighted by Crippen LogP contribution is -2.64. The Bertz CT molecular complexity index is 1510. The number of hydrogen-bond donors (Lipinski definition) is 3. The number of benzene rings is 2. The minimum Gasteiger partial charge on any atom is -0.394 e. The van der Waals surface area contributed by atoms with Crippen LogP contribution < -0.4 is 4.90 Å². The van der Waals surface area contributed by atoms with Crippen molar-refractivity contribution >= 4 is 27.5 Å². The van der Waals surface area contributed by atoms with Crippen molar-refractivity contribution < 1.29 is 42.8 Å². The fourth-order valence-electron chi connectivity index (χ4n) is 5.28. The van der Waals surface area contributed by atoms with Gasteiger partial charge in [-0.1, -0.05) is 5.21 Å². The van der Waals surface area contributed by atoms with Gasteiger partial charge in [-0.05, 0) is 59.1 Å². The molecule has 3 N–H and O–H groups in total. The highest BCUT2D eigenvalue weighted by Gasteiger charge is 2.52. The Morgan fingerprint density at radius 3 is 2.50 bits per heavy atom. The molecule has 42 heavy (non-hydrogen) atoms. The predicted molar refractivity (Wildman–Crippen MR) is 142 cm³/mol. The molecule has 7 atom stereocenters. The molecule has 2 heterocycles. The van der Waals surface area contributed by atoms with Crippen LogP contribution in [0.15, 0.2) is 41.0 Å². The molecule has 2 aliphatic rings. The number of aliphatic hydroxyl groups excluding tert-OH is 3. The van der Waals surface area contributed by atoms with Crippen molar-refractivity contribution in [3.63, 3.8) is 0 Å². The number of aromatic nitrogens is 3. The maximum absolute atomic E-state index is 14.4. The molecule has 0 spiro atoms. The lowest BCUT2D eigenvalue weighted by molar-refractivity contribution is -0.211. The number of rotatable bonds is 7. The van der Waals surface area contributed by atoms with Gasteiger partial charge in [-0.2, -0.15) is 5.26 Å². The molecule has 1 saturated carbocycles. The number of nitriles is 1. The zero-order valence-electron chi connectivity index (χ0n) is 21.9. The first-order valence-corrected chi connectivity index (χ1v) is 13.6. The number of carbonyl (C=O) groups is 1. The third kappa shape index (κ3) is 5.41. The van der Waals surface area contributed by atoms with E-state index in [0.717, 1.165) is 33.8 Å². The molecule has 0 bridgehead atoms. The van der Waals surface area contributed by atoms with Crippen LogP contribution in [-0.4, -0.2) is 86.5 Å². The number of ether oxygens (including phenoxy) is 2. The SMILES string of the molecule is CO[C@@H]1[C@@H](n2cc(-c3cc(F)c(Br)c(F)c3)nn2)[C@@H](O)[C@@H](CO)O[C@H]1C(=O)N(c1cc(F)cc(C#N)c1)[C@@H]1CC[C@H]1O. The van der Waals surface area contributed by atoms with Gasteiger partial charge in [0.1, 0.15) is 47.5 Å². The first kappa shape index (κ1) is 30.1. The lowest BCUT2D eigenvalue weighted by Gasteiger charge is -2.47. The number of amides is 1. The summed E-state index contributed by atoms with van der Waals surface area (Å²) >= 11 is 2.81. The van der Waals surface area contributed by atoms with Crippen LogP contribution in [0.25, 0.3) is 11.3 Å².